The Morgan fingerprint density at radius 1 is 0.727 bits per heavy atom. The van der Waals surface area contributed by atoms with Gasteiger partial charge in [0.2, 0.25) is 0 Å². The predicted octanol–water partition coefficient (Wildman–Crippen LogP) is 7.89. The first kappa shape index (κ1) is 28.1. The summed E-state index contributed by atoms with van der Waals surface area (Å²) >= 11 is 0. The molecular formula is C36H29N5O3. The number of nitrogens with zero attached hydrogens (tertiary/aromatic N) is 4. The van der Waals surface area contributed by atoms with Crippen LogP contribution in [0.4, 0.5) is 5.69 Å². The number of non-ortho nitro benzene ring substituents is 1. The maximum Gasteiger partial charge on any atom is 0.271 e. The van der Waals surface area contributed by atoms with E-state index in [0.29, 0.717) is 5.56 Å². The van der Waals surface area contributed by atoms with Gasteiger partial charge < -0.3 is 9.13 Å². The van der Waals surface area contributed by atoms with Gasteiger partial charge in [0.1, 0.15) is 0 Å². The molecule has 0 fully saturated rings. The summed E-state index contributed by atoms with van der Waals surface area (Å²) in [7, 11) is 0. The van der Waals surface area contributed by atoms with Crippen molar-refractivity contribution in [3.63, 3.8) is 0 Å². The monoisotopic (exact) mass is 579 g/mol. The normalized spacial score (nSPS) is 11.1. The minimum Gasteiger partial charge on any atom is -0.319 e. The fourth-order valence-corrected chi connectivity index (χ4v) is 5.40. The van der Waals surface area contributed by atoms with Crippen LogP contribution in [0.1, 0.15) is 27.3 Å². The van der Waals surface area contributed by atoms with Crippen molar-refractivity contribution in [1.29, 1.82) is 0 Å². The highest BCUT2D eigenvalue weighted by atomic mass is 16.6. The second kappa shape index (κ2) is 12.1. The summed E-state index contributed by atoms with van der Waals surface area (Å²) in [5.74, 6) is -0.326. The largest absolute Gasteiger partial charge is 0.319 e. The summed E-state index contributed by atoms with van der Waals surface area (Å²) in [6.07, 6.45) is 1.63. The molecule has 0 saturated heterocycles. The molecule has 2 aromatic heterocycles. The van der Waals surface area contributed by atoms with E-state index < -0.39 is 4.92 Å². The minimum absolute atomic E-state index is 0.0135. The zero-order valence-electron chi connectivity index (χ0n) is 24.2. The zero-order valence-corrected chi connectivity index (χ0v) is 24.2. The topological polar surface area (TPSA) is 94.5 Å². The van der Waals surface area contributed by atoms with Crippen molar-refractivity contribution < 1.29 is 9.72 Å². The highest BCUT2D eigenvalue weighted by Crippen LogP contribution is 2.35. The van der Waals surface area contributed by atoms with Crippen LogP contribution < -0.4 is 5.43 Å². The number of hydrazone groups is 1. The third-order valence-corrected chi connectivity index (χ3v) is 7.49. The van der Waals surface area contributed by atoms with Gasteiger partial charge in [0.25, 0.3) is 11.6 Å². The van der Waals surface area contributed by atoms with Crippen LogP contribution >= 0.6 is 0 Å². The molecule has 6 rings (SSSR count). The van der Waals surface area contributed by atoms with Gasteiger partial charge in [-0.25, -0.2) is 5.43 Å². The maximum absolute atomic E-state index is 13.0. The van der Waals surface area contributed by atoms with Gasteiger partial charge in [0, 0.05) is 46.0 Å². The van der Waals surface area contributed by atoms with Gasteiger partial charge in [-0.2, -0.15) is 5.10 Å². The van der Waals surface area contributed by atoms with Crippen LogP contribution in [0.3, 0.4) is 0 Å². The van der Waals surface area contributed by atoms with Crippen molar-refractivity contribution in [2.45, 2.75) is 13.8 Å². The summed E-state index contributed by atoms with van der Waals surface area (Å²) < 4.78 is 4.19. The van der Waals surface area contributed by atoms with Crippen LogP contribution in [-0.2, 0) is 0 Å². The number of hydrogen-bond donors (Lipinski definition) is 1. The Morgan fingerprint density at radius 3 is 1.86 bits per heavy atom. The van der Waals surface area contributed by atoms with Gasteiger partial charge >= 0.3 is 0 Å². The van der Waals surface area contributed by atoms with Gasteiger partial charge in [-0.15, -0.1) is 0 Å². The number of nitro benzene ring substituents is 1. The molecule has 4 aromatic carbocycles. The highest BCUT2D eigenvalue weighted by molar-refractivity contribution is 5.97. The number of aryl methyl sites for hydroxylation is 2. The van der Waals surface area contributed by atoms with E-state index in [1.807, 2.05) is 92.7 Å². The van der Waals surface area contributed by atoms with Crippen LogP contribution in [0.15, 0.2) is 132 Å². The van der Waals surface area contributed by atoms with Crippen molar-refractivity contribution >= 4 is 17.8 Å². The van der Waals surface area contributed by atoms with Crippen molar-refractivity contribution in [3.05, 3.63) is 160 Å². The van der Waals surface area contributed by atoms with Crippen LogP contribution in [-0.4, -0.2) is 26.2 Å². The molecule has 1 amide bonds. The first-order valence-corrected chi connectivity index (χ1v) is 14.1. The Balaban J connectivity index is 1.37. The molecule has 0 bridgehead atoms. The lowest BCUT2D eigenvalue weighted by molar-refractivity contribution is -0.384. The summed E-state index contributed by atoms with van der Waals surface area (Å²) in [5, 5.41) is 15.7. The Kier molecular flexibility index (Phi) is 7.71. The SMILES string of the molecule is Cc1ccc(C)n1-c1ccc(C(=O)N/N=C\c2cc(-c3ccccc3)n(-c3ccc([N+](=O)[O-])cc3)c2-c2ccccc2)cc1. The Morgan fingerprint density at radius 2 is 1.27 bits per heavy atom. The van der Waals surface area contributed by atoms with Gasteiger partial charge in [0.15, 0.2) is 0 Å². The third-order valence-electron chi connectivity index (χ3n) is 7.49. The Labute approximate surface area is 254 Å². The van der Waals surface area contributed by atoms with Crippen molar-refractivity contribution in [1.82, 2.24) is 14.6 Å². The molecule has 0 aliphatic carbocycles. The van der Waals surface area contributed by atoms with E-state index in [-0.39, 0.29) is 11.6 Å². The molecule has 0 aliphatic rings. The molecule has 0 radical (unpaired) electrons. The summed E-state index contributed by atoms with van der Waals surface area (Å²) in [4.78, 5) is 24.0. The smallest absolute Gasteiger partial charge is 0.271 e. The molecule has 0 saturated carbocycles. The molecule has 8 nitrogen and oxygen atoms in total. The average Bonchev–Trinajstić information content (AvgIpc) is 3.61. The van der Waals surface area contributed by atoms with Gasteiger partial charge in [0.05, 0.1) is 22.5 Å². The molecule has 1 N–H and O–H groups in total. The number of nitrogens with one attached hydrogen (secondary N) is 1. The average molecular weight is 580 g/mol. The second-order valence-electron chi connectivity index (χ2n) is 10.4. The molecule has 2 heterocycles. The van der Waals surface area contributed by atoms with Gasteiger partial charge in [-0.1, -0.05) is 60.7 Å². The molecule has 0 spiro atoms. The summed E-state index contributed by atoms with van der Waals surface area (Å²) in [6.45, 7) is 4.09. The molecule has 0 aliphatic heterocycles. The van der Waals surface area contributed by atoms with Gasteiger partial charge in [-0.3, -0.25) is 14.9 Å². The van der Waals surface area contributed by atoms with Crippen LogP contribution in [0.25, 0.3) is 33.9 Å². The lowest BCUT2D eigenvalue weighted by Gasteiger charge is -2.15. The quantitative estimate of drug-likeness (QED) is 0.113. The number of hydrogen-bond acceptors (Lipinski definition) is 4. The van der Waals surface area contributed by atoms with E-state index >= 15 is 0 Å². The zero-order chi connectivity index (χ0) is 30.6. The Bertz CT molecular complexity index is 1950. The summed E-state index contributed by atoms with van der Waals surface area (Å²) in [5.41, 5.74) is 11.5. The number of amides is 1. The molecule has 0 unspecified atom stereocenters. The number of carbonyl (C=O) groups is 1. The molecular weight excluding hydrogens is 550 g/mol. The van der Waals surface area contributed by atoms with Crippen molar-refractivity contribution in [2.24, 2.45) is 5.10 Å². The molecule has 6 aromatic rings. The molecule has 8 heteroatoms. The maximum atomic E-state index is 13.0. The predicted molar refractivity (Wildman–Crippen MR) is 174 cm³/mol. The van der Waals surface area contributed by atoms with E-state index in [9.17, 15) is 14.9 Å². The first-order chi connectivity index (χ1) is 21.4. The Hall–Kier alpha value is -6.02. The van der Waals surface area contributed by atoms with E-state index in [1.54, 1.807) is 30.5 Å². The number of benzene rings is 4. The first-order valence-electron chi connectivity index (χ1n) is 14.1. The molecule has 216 valence electrons. The molecule has 44 heavy (non-hydrogen) atoms. The van der Waals surface area contributed by atoms with Crippen molar-refractivity contribution in [3.8, 4) is 33.9 Å². The van der Waals surface area contributed by atoms with Crippen LogP contribution in [0.2, 0.25) is 0 Å². The van der Waals surface area contributed by atoms with E-state index in [2.05, 4.69) is 31.8 Å². The third kappa shape index (κ3) is 5.56. The van der Waals surface area contributed by atoms with Crippen molar-refractivity contribution in [2.75, 3.05) is 0 Å². The van der Waals surface area contributed by atoms with E-state index in [0.717, 1.165) is 50.8 Å². The van der Waals surface area contributed by atoms with E-state index in [4.69, 9.17) is 0 Å². The van der Waals surface area contributed by atoms with Crippen LogP contribution in [0.5, 0.6) is 0 Å². The standard InChI is InChI=1S/C36H29N5O3/c1-25-13-14-26(2)39(25)31-17-15-29(16-18-31)36(42)38-37-24-30-23-34(27-9-5-3-6-10-27)40(35(30)28-11-7-4-8-12-28)32-19-21-33(22-20-32)41(43)44/h3-24H,1-2H3,(H,38,42)/b37-24-. The number of aromatic nitrogens is 2. The second-order valence-corrected chi connectivity index (χ2v) is 10.4. The summed E-state index contributed by atoms with van der Waals surface area (Å²) in [6, 6.07) is 39.7. The minimum atomic E-state index is -0.410. The lowest BCUT2D eigenvalue weighted by Crippen LogP contribution is -2.17. The molecule has 0 atom stereocenters. The highest BCUT2D eigenvalue weighted by Gasteiger charge is 2.19. The number of rotatable bonds is 8. The fraction of sp³-hybridized carbons (Fsp3) is 0.0556. The number of carbonyl (C=O) groups excluding carboxylic acids is 1. The van der Waals surface area contributed by atoms with E-state index in [1.165, 1.54) is 12.1 Å². The fourth-order valence-electron chi connectivity index (χ4n) is 5.40. The number of nitro groups is 1. The lowest BCUT2D eigenvalue weighted by atomic mass is 10.1. The van der Waals surface area contributed by atoms with Crippen LogP contribution in [0, 0.1) is 24.0 Å². The van der Waals surface area contributed by atoms with Gasteiger partial charge in [-0.05, 0) is 79.6 Å².